The van der Waals surface area contributed by atoms with E-state index in [0.29, 0.717) is 18.1 Å². The molecule has 0 spiro atoms. The first-order chi connectivity index (χ1) is 16.7. The van der Waals surface area contributed by atoms with Crippen molar-refractivity contribution in [3.05, 3.63) is 29.8 Å². The Kier molecular flexibility index (Phi) is 20.0. The number of aryl methyl sites for hydroxylation is 1. The van der Waals surface area contributed by atoms with Crippen molar-refractivity contribution in [1.29, 1.82) is 0 Å². The second kappa shape index (κ2) is 22.2. The maximum absolute atomic E-state index is 12.6. The lowest BCUT2D eigenvalue weighted by molar-refractivity contribution is -0.135. The fourth-order valence-corrected chi connectivity index (χ4v) is 4.85. The molecule has 196 valence electrons. The summed E-state index contributed by atoms with van der Waals surface area (Å²) < 4.78 is 5.64. The average molecular weight is 473 g/mol. The van der Waals surface area contributed by atoms with Crippen LogP contribution in [0.2, 0.25) is 0 Å². The van der Waals surface area contributed by atoms with Crippen LogP contribution in [-0.2, 0) is 4.79 Å². The molecule has 0 fully saturated rings. The minimum Gasteiger partial charge on any atom is -0.427 e. The Hall–Kier alpha value is -1.31. The molecule has 0 aromatic heterocycles. The third-order valence-electron chi connectivity index (χ3n) is 7.14. The summed E-state index contributed by atoms with van der Waals surface area (Å²) in [5.41, 5.74) is 1.19. The Bertz CT molecular complexity index is 577. The Labute approximate surface area is 212 Å². The standard InChI is InChI=1S/C32H56O2/c1-4-6-8-10-12-14-15-17-19-21-23-30(22-20-18-16-13-11-9-7-5-2)28-32(33)34-31-26-24-29(3)25-27-31/h24-27,30H,4-23,28H2,1-3H3. The summed E-state index contributed by atoms with van der Waals surface area (Å²) >= 11 is 0. The number of rotatable bonds is 23. The van der Waals surface area contributed by atoms with E-state index in [1.54, 1.807) is 0 Å². The van der Waals surface area contributed by atoms with E-state index >= 15 is 0 Å². The van der Waals surface area contributed by atoms with E-state index in [-0.39, 0.29) is 5.97 Å². The molecule has 1 unspecified atom stereocenters. The van der Waals surface area contributed by atoms with Gasteiger partial charge in [-0.05, 0) is 37.8 Å². The first-order valence-corrected chi connectivity index (χ1v) is 14.9. The fourth-order valence-electron chi connectivity index (χ4n) is 4.85. The number of carbonyl (C=O) groups excluding carboxylic acids is 1. The highest BCUT2D eigenvalue weighted by atomic mass is 16.5. The van der Waals surface area contributed by atoms with E-state index in [9.17, 15) is 4.79 Å². The van der Waals surface area contributed by atoms with Gasteiger partial charge in [-0.3, -0.25) is 4.79 Å². The van der Waals surface area contributed by atoms with Crippen LogP contribution >= 0.6 is 0 Å². The zero-order chi connectivity index (χ0) is 24.7. The number of ether oxygens (including phenoxy) is 1. The Morgan fingerprint density at radius 3 is 1.41 bits per heavy atom. The van der Waals surface area contributed by atoms with Crippen molar-refractivity contribution >= 4 is 5.97 Å². The number of hydrogen-bond donors (Lipinski definition) is 0. The van der Waals surface area contributed by atoms with Crippen LogP contribution in [0.1, 0.15) is 154 Å². The summed E-state index contributed by atoms with van der Waals surface area (Å²) in [4.78, 5) is 12.6. The topological polar surface area (TPSA) is 26.3 Å². The molecular weight excluding hydrogens is 416 g/mol. The van der Waals surface area contributed by atoms with Crippen molar-refractivity contribution in [3.63, 3.8) is 0 Å². The smallest absolute Gasteiger partial charge is 0.311 e. The van der Waals surface area contributed by atoms with Gasteiger partial charge >= 0.3 is 5.97 Å². The molecule has 0 amide bonds. The molecule has 1 aromatic rings. The highest BCUT2D eigenvalue weighted by Gasteiger charge is 2.15. The number of esters is 1. The van der Waals surface area contributed by atoms with Gasteiger partial charge in [0.15, 0.2) is 0 Å². The van der Waals surface area contributed by atoms with Crippen LogP contribution < -0.4 is 4.74 Å². The second-order valence-electron chi connectivity index (χ2n) is 10.6. The van der Waals surface area contributed by atoms with Gasteiger partial charge < -0.3 is 4.74 Å². The molecule has 0 heterocycles. The van der Waals surface area contributed by atoms with Crippen molar-refractivity contribution in [1.82, 2.24) is 0 Å². The van der Waals surface area contributed by atoms with Crippen molar-refractivity contribution in [2.75, 3.05) is 0 Å². The molecule has 0 aliphatic heterocycles. The zero-order valence-electron chi connectivity index (χ0n) is 23.1. The van der Waals surface area contributed by atoms with Gasteiger partial charge in [-0.15, -0.1) is 0 Å². The Balaban J connectivity index is 2.28. The van der Waals surface area contributed by atoms with Crippen molar-refractivity contribution < 1.29 is 9.53 Å². The summed E-state index contributed by atoms with van der Waals surface area (Å²) in [5.74, 6) is 1.10. The van der Waals surface area contributed by atoms with E-state index in [4.69, 9.17) is 4.74 Å². The summed E-state index contributed by atoms with van der Waals surface area (Å²) in [7, 11) is 0. The summed E-state index contributed by atoms with van der Waals surface area (Å²) in [6, 6.07) is 7.82. The molecule has 0 radical (unpaired) electrons. The summed E-state index contributed by atoms with van der Waals surface area (Å²) in [5, 5.41) is 0. The van der Waals surface area contributed by atoms with Gasteiger partial charge in [0.25, 0.3) is 0 Å². The van der Waals surface area contributed by atoms with Crippen LogP contribution in [0.3, 0.4) is 0 Å². The van der Waals surface area contributed by atoms with Crippen molar-refractivity contribution in [3.8, 4) is 5.75 Å². The normalized spacial score (nSPS) is 12.1. The lowest BCUT2D eigenvalue weighted by Crippen LogP contribution is -2.14. The summed E-state index contributed by atoms with van der Waals surface area (Å²) in [6.45, 7) is 6.61. The van der Waals surface area contributed by atoms with E-state index < -0.39 is 0 Å². The molecule has 0 saturated carbocycles. The Morgan fingerprint density at radius 1 is 0.618 bits per heavy atom. The van der Waals surface area contributed by atoms with E-state index in [2.05, 4.69) is 20.8 Å². The highest BCUT2D eigenvalue weighted by Crippen LogP contribution is 2.24. The number of carbonyl (C=O) groups is 1. The highest BCUT2D eigenvalue weighted by molar-refractivity contribution is 5.72. The Morgan fingerprint density at radius 2 is 1.00 bits per heavy atom. The van der Waals surface area contributed by atoms with Gasteiger partial charge in [-0.25, -0.2) is 0 Å². The molecule has 2 nitrogen and oxygen atoms in total. The lowest BCUT2D eigenvalue weighted by Gasteiger charge is -2.16. The minimum atomic E-state index is -0.0551. The molecule has 0 bridgehead atoms. The molecule has 0 aliphatic carbocycles. The van der Waals surface area contributed by atoms with Gasteiger partial charge in [0.1, 0.15) is 5.75 Å². The van der Waals surface area contributed by atoms with E-state index in [1.807, 2.05) is 24.3 Å². The van der Waals surface area contributed by atoms with Crippen molar-refractivity contribution in [2.45, 2.75) is 156 Å². The maximum Gasteiger partial charge on any atom is 0.311 e. The minimum absolute atomic E-state index is 0.0551. The molecule has 1 aromatic carbocycles. The molecule has 0 aliphatic rings. The predicted octanol–water partition coefficient (Wildman–Crippen LogP) is 10.7. The number of hydrogen-bond acceptors (Lipinski definition) is 2. The molecule has 0 saturated heterocycles. The van der Waals surface area contributed by atoms with E-state index in [1.165, 1.54) is 134 Å². The fraction of sp³-hybridized carbons (Fsp3) is 0.781. The average Bonchev–Trinajstić information content (AvgIpc) is 2.83. The number of unbranched alkanes of at least 4 members (excludes halogenated alkanes) is 16. The SMILES string of the molecule is CCCCCCCCCCCCC(CCCCCCCCCC)CC(=O)Oc1ccc(C)cc1. The van der Waals surface area contributed by atoms with Gasteiger partial charge in [0.05, 0.1) is 0 Å². The van der Waals surface area contributed by atoms with Crippen LogP contribution in [-0.4, -0.2) is 5.97 Å². The van der Waals surface area contributed by atoms with Crippen LogP contribution in [0, 0.1) is 12.8 Å². The lowest BCUT2D eigenvalue weighted by atomic mass is 9.91. The molecule has 34 heavy (non-hydrogen) atoms. The van der Waals surface area contributed by atoms with Gasteiger partial charge in [0.2, 0.25) is 0 Å². The summed E-state index contributed by atoms with van der Waals surface area (Å²) in [6.07, 6.45) is 27.4. The second-order valence-corrected chi connectivity index (χ2v) is 10.6. The number of benzene rings is 1. The van der Waals surface area contributed by atoms with Gasteiger partial charge in [0, 0.05) is 6.42 Å². The van der Waals surface area contributed by atoms with Gasteiger partial charge in [-0.1, -0.05) is 147 Å². The maximum atomic E-state index is 12.6. The molecular formula is C32H56O2. The largest absolute Gasteiger partial charge is 0.427 e. The van der Waals surface area contributed by atoms with E-state index in [0.717, 1.165) is 0 Å². The zero-order valence-corrected chi connectivity index (χ0v) is 23.1. The third kappa shape index (κ3) is 18.1. The monoisotopic (exact) mass is 472 g/mol. The third-order valence-corrected chi connectivity index (χ3v) is 7.14. The van der Waals surface area contributed by atoms with Crippen LogP contribution in [0.25, 0.3) is 0 Å². The first kappa shape index (κ1) is 30.7. The predicted molar refractivity (Wildman–Crippen MR) is 149 cm³/mol. The molecule has 0 N–H and O–H groups in total. The quantitative estimate of drug-likeness (QED) is 0.0899. The molecule has 1 rings (SSSR count). The molecule has 1 atom stereocenters. The van der Waals surface area contributed by atoms with Crippen LogP contribution in [0.15, 0.2) is 24.3 Å². The molecule has 2 heteroatoms. The van der Waals surface area contributed by atoms with Crippen LogP contribution in [0.4, 0.5) is 0 Å². The van der Waals surface area contributed by atoms with Crippen molar-refractivity contribution in [2.24, 2.45) is 5.92 Å². The van der Waals surface area contributed by atoms with Gasteiger partial charge in [-0.2, -0.15) is 0 Å². The van der Waals surface area contributed by atoms with Crippen LogP contribution in [0.5, 0.6) is 5.75 Å². The first-order valence-electron chi connectivity index (χ1n) is 14.9.